The molecule has 146 valence electrons. The van der Waals surface area contributed by atoms with Crippen LogP contribution in [0.4, 0.5) is 17.1 Å². The van der Waals surface area contributed by atoms with Gasteiger partial charge in [-0.25, -0.2) is 4.79 Å². The summed E-state index contributed by atoms with van der Waals surface area (Å²) in [7, 11) is 0. The molecule has 0 spiro atoms. The number of rotatable bonds is 5. The first kappa shape index (κ1) is 19.4. The quantitative estimate of drug-likeness (QED) is 0.614. The Kier molecular flexibility index (Phi) is 6.26. The normalized spacial score (nSPS) is 13.1. The van der Waals surface area contributed by atoms with Crippen molar-refractivity contribution in [1.82, 2.24) is 0 Å². The third-order valence-electron chi connectivity index (χ3n) is 4.46. The van der Waals surface area contributed by atoms with Crippen molar-refractivity contribution in [1.29, 1.82) is 0 Å². The van der Waals surface area contributed by atoms with Crippen LogP contribution in [0.2, 0.25) is 0 Å². The van der Waals surface area contributed by atoms with Crippen molar-refractivity contribution in [3.63, 3.8) is 0 Å². The number of carbonyl (C=O) groups excluding carboxylic acids is 3. The SMILES string of the molecule is CCOC(=O)c1ccc(NC(=O)C(=O)Nc2ccc(N3CCCC3)cc2)cc1. The lowest BCUT2D eigenvalue weighted by molar-refractivity contribution is -0.132. The zero-order valence-electron chi connectivity index (χ0n) is 15.7. The lowest BCUT2D eigenvalue weighted by Gasteiger charge is -2.17. The molecule has 0 bridgehead atoms. The molecular formula is C21H23N3O4. The van der Waals surface area contributed by atoms with Crippen molar-refractivity contribution in [2.24, 2.45) is 0 Å². The van der Waals surface area contributed by atoms with Crippen LogP contribution >= 0.6 is 0 Å². The van der Waals surface area contributed by atoms with E-state index >= 15 is 0 Å². The van der Waals surface area contributed by atoms with Crippen molar-refractivity contribution in [2.45, 2.75) is 19.8 Å². The molecule has 7 nitrogen and oxygen atoms in total. The van der Waals surface area contributed by atoms with E-state index in [0.717, 1.165) is 18.8 Å². The summed E-state index contributed by atoms with van der Waals surface area (Å²) in [6.07, 6.45) is 2.39. The van der Waals surface area contributed by atoms with E-state index in [2.05, 4.69) is 15.5 Å². The second-order valence-electron chi connectivity index (χ2n) is 6.45. The molecule has 0 aliphatic carbocycles. The lowest BCUT2D eigenvalue weighted by atomic mass is 10.2. The number of hydrogen-bond donors (Lipinski definition) is 2. The number of esters is 1. The molecule has 1 heterocycles. The number of hydrogen-bond acceptors (Lipinski definition) is 5. The number of nitrogens with zero attached hydrogens (tertiary/aromatic N) is 1. The molecule has 0 aromatic heterocycles. The smallest absolute Gasteiger partial charge is 0.338 e. The fraction of sp³-hybridized carbons (Fsp3) is 0.286. The van der Waals surface area contributed by atoms with Gasteiger partial charge < -0.3 is 20.3 Å². The third kappa shape index (κ3) is 4.88. The molecule has 3 rings (SSSR count). The topological polar surface area (TPSA) is 87.7 Å². The molecule has 0 radical (unpaired) electrons. The van der Waals surface area contributed by atoms with Gasteiger partial charge in [-0.05, 0) is 68.3 Å². The molecule has 2 N–H and O–H groups in total. The predicted molar refractivity (Wildman–Crippen MR) is 108 cm³/mol. The molecule has 1 saturated heterocycles. The number of anilines is 3. The first-order chi connectivity index (χ1) is 13.6. The van der Waals surface area contributed by atoms with Crippen LogP contribution in [-0.4, -0.2) is 37.5 Å². The van der Waals surface area contributed by atoms with Gasteiger partial charge in [-0.15, -0.1) is 0 Å². The highest BCUT2D eigenvalue weighted by molar-refractivity contribution is 6.43. The molecule has 2 aromatic carbocycles. The average Bonchev–Trinajstić information content (AvgIpc) is 3.24. The monoisotopic (exact) mass is 381 g/mol. The minimum absolute atomic E-state index is 0.288. The second-order valence-corrected chi connectivity index (χ2v) is 6.45. The maximum Gasteiger partial charge on any atom is 0.338 e. The summed E-state index contributed by atoms with van der Waals surface area (Å²) in [5.74, 6) is -1.98. The average molecular weight is 381 g/mol. The van der Waals surface area contributed by atoms with Crippen molar-refractivity contribution in [3.8, 4) is 0 Å². The number of carbonyl (C=O) groups is 3. The Labute approximate surface area is 163 Å². The van der Waals surface area contributed by atoms with Crippen LogP contribution in [0.3, 0.4) is 0 Å². The molecule has 7 heteroatoms. The van der Waals surface area contributed by atoms with Crippen LogP contribution in [0.15, 0.2) is 48.5 Å². The second kappa shape index (κ2) is 9.03. The van der Waals surface area contributed by atoms with E-state index in [9.17, 15) is 14.4 Å². The molecule has 0 saturated carbocycles. The fourth-order valence-electron chi connectivity index (χ4n) is 3.01. The van der Waals surface area contributed by atoms with Gasteiger partial charge in [0.05, 0.1) is 12.2 Å². The van der Waals surface area contributed by atoms with Crippen LogP contribution in [0.25, 0.3) is 0 Å². The number of amides is 2. The van der Waals surface area contributed by atoms with Gasteiger partial charge in [0, 0.05) is 30.2 Å². The highest BCUT2D eigenvalue weighted by Gasteiger charge is 2.16. The first-order valence-corrected chi connectivity index (χ1v) is 9.31. The molecule has 0 atom stereocenters. The molecule has 1 aliphatic rings. The van der Waals surface area contributed by atoms with Crippen LogP contribution in [0.1, 0.15) is 30.1 Å². The van der Waals surface area contributed by atoms with Crippen molar-refractivity contribution < 1.29 is 19.1 Å². The first-order valence-electron chi connectivity index (χ1n) is 9.31. The zero-order valence-corrected chi connectivity index (χ0v) is 15.7. The Morgan fingerprint density at radius 1 is 0.857 bits per heavy atom. The van der Waals surface area contributed by atoms with Gasteiger partial charge in [0.1, 0.15) is 0 Å². The fourth-order valence-corrected chi connectivity index (χ4v) is 3.01. The van der Waals surface area contributed by atoms with E-state index in [1.165, 1.54) is 25.0 Å². The Morgan fingerprint density at radius 2 is 1.36 bits per heavy atom. The van der Waals surface area contributed by atoms with Crippen molar-refractivity contribution in [3.05, 3.63) is 54.1 Å². The predicted octanol–water partition coefficient (Wildman–Crippen LogP) is 3.04. The molecule has 1 aliphatic heterocycles. The van der Waals surface area contributed by atoms with E-state index in [1.807, 2.05) is 12.1 Å². The van der Waals surface area contributed by atoms with E-state index in [-0.39, 0.29) is 6.61 Å². The molecule has 0 unspecified atom stereocenters. The summed E-state index contributed by atoms with van der Waals surface area (Å²) in [6.45, 7) is 4.10. The Balaban J connectivity index is 1.54. The summed E-state index contributed by atoms with van der Waals surface area (Å²) in [6, 6.07) is 13.6. The van der Waals surface area contributed by atoms with E-state index < -0.39 is 17.8 Å². The van der Waals surface area contributed by atoms with Crippen molar-refractivity contribution >= 4 is 34.8 Å². The summed E-state index contributed by atoms with van der Waals surface area (Å²) < 4.78 is 4.90. The van der Waals surface area contributed by atoms with Crippen LogP contribution in [0, 0.1) is 0 Å². The number of ether oxygens (including phenoxy) is 1. The van der Waals surface area contributed by atoms with Gasteiger partial charge in [-0.1, -0.05) is 0 Å². The van der Waals surface area contributed by atoms with Gasteiger partial charge in [0.2, 0.25) is 0 Å². The lowest BCUT2D eigenvalue weighted by Crippen LogP contribution is -2.29. The largest absolute Gasteiger partial charge is 0.462 e. The maximum absolute atomic E-state index is 12.1. The summed E-state index contributed by atoms with van der Waals surface area (Å²) in [5.41, 5.74) is 2.46. The standard InChI is InChI=1S/C21H23N3O4/c1-2-28-21(27)15-5-7-16(8-6-15)22-19(25)20(26)23-17-9-11-18(12-10-17)24-13-3-4-14-24/h5-12H,2-4,13-14H2,1H3,(H,22,25)(H,23,26). The van der Waals surface area contributed by atoms with Crippen molar-refractivity contribution in [2.75, 3.05) is 35.2 Å². The Morgan fingerprint density at radius 3 is 1.86 bits per heavy atom. The van der Waals surface area contributed by atoms with Gasteiger partial charge in [-0.2, -0.15) is 0 Å². The highest BCUT2D eigenvalue weighted by atomic mass is 16.5. The Hall–Kier alpha value is -3.35. The van der Waals surface area contributed by atoms with E-state index in [0.29, 0.717) is 16.9 Å². The highest BCUT2D eigenvalue weighted by Crippen LogP contribution is 2.22. The van der Waals surface area contributed by atoms with Crippen LogP contribution < -0.4 is 15.5 Å². The number of benzene rings is 2. The Bertz CT molecular complexity index is 841. The molecule has 1 fully saturated rings. The van der Waals surface area contributed by atoms with Gasteiger partial charge in [-0.3, -0.25) is 9.59 Å². The van der Waals surface area contributed by atoms with Crippen LogP contribution in [0.5, 0.6) is 0 Å². The molecule has 2 aromatic rings. The minimum atomic E-state index is -0.785. The van der Waals surface area contributed by atoms with Gasteiger partial charge in [0.15, 0.2) is 0 Å². The number of nitrogens with one attached hydrogen (secondary N) is 2. The summed E-state index contributed by atoms with van der Waals surface area (Å²) in [5, 5.41) is 5.09. The van der Waals surface area contributed by atoms with Gasteiger partial charge in [0.25, 0.3) is 0 Å². The van der Waals surface area contributed by atoms with Crippen LogP contribution in [-0.2, 0) is 14.3 Å². The minimum Gasteiger partial charge on any atom is -0.462 e. The summed E-state index contributed by atoms with van der Waals surface area (Å²) >= 11 is 0. The summed E-state index contributed by atoms with van der Waals surface area (Å²) in [4.78, 5) is 38.1. The maximum atomic E-state index is 12.1. The zero-order chi connectivity index (χ0) is 19.9. The van der Waals surface area contributed by atoms with E-state index in [4.69, 9.17) is 4.74 Å². The third-order valence-corrected chi connectivity index (χ3v) is 4.46. The van der Waals surface area contributed by atoms with E-state index in [1.54, 1.807) is 31.2 Å². The molecule has 2 amide bonds. The molecular weight excluding hydrogens is 358 g/mol. The van der Waals surface area contributed by atoms with Gasteiger partial charge >= 0.3 is 17.8 Å². The molecule has 28 heavy (non-hydrogen) atoms.